The SMILES string of the molecule is Cl[SiH](c1cccc2ccccc12)c1cccc2ccccc12. The molecule has 106 valence electrons. The third-order valence-corrected chi connectivity index (χ3v) is 7.70. The smallest absolute Gasteiger partial charge is 0.159 e. The zero-order valence-electron chi connectivity index (χ0n) is 12.0. The number of fused-ring (bicyclic) bond motifs is 2. The summed E-state index contributed by atoms with van der Waals surface area (Å²) in [6.45, 7) is 0. The van der Waals surface area contributed by atoms with Gasteiger partial charge in [0.1, 0.15) is 0 Å². The fourth-order valence-electron chi connectivity index (χ4n) is 3.11. The van der Waals surface area contributed by atoms with E-state index >= 15 is 0 Å². The van der Waals surface area contributed by atoms with E-state index < -0.39 is 8.11 Å². The van der Waals surface area contributed by atoms with Crippen molar-refractivity contribution in [1.29, 1.82) is 0 Å². The zero-order chi connectivity index (χ0) is 14.9. The van der Waals surface area contributed by atoms with Gasteiger partial charge in [-0.25, -0.2) is 0 Å². The van der Waals surface area contributed by atoms with Crippen LogP contribution in [0.25, 0.3) is 21.5 Å². The molecule has 0 amide bonds. The Morgan fingerprint density at radius 2 is 0.909 bits per heavy atom. The Balaban J connectivity index is 1.94. The highest BCUT2D eigenvalue weighted by molar-refractivity contribution is 7.22. The molecule has 4 aromatic carbocycles. The van der Waals surface area contributed by atoms with E-state index in [-0.39, 0.29) is 0 Å². The summed E-state index contributed by atoms with van der Waals surface area (Å²) in [5.74, 6) is 0. The van der Waals surface area contributed by atoms with Crippen molar-refractivity contribution < 1.29 is 0 Å². The van der Waals surface area contributed by atoms with Crippen molar-refractivity contribution in [3.63, 3.8) is 0 Å². The lowest BCUT2D eigenvalue weighted by atomic mass is 10.1. The minimum absolute atomic E-state index is 1.26. The number of rotatable bonds is 2. The van der Waals surface area contributed by atoms with Gasteiger partial charge in [0.15, 0.2) is 0 Å². The van der Waals surface area contributed by atoms with Crippen LogP contribution in [-0.4, -0.2) is 8.11 Å². The van der Waals surface area contributed by atoms with Gasteiger partial charge in [-0.15, -0.1) is 0 Å². The first kappa shape index (κ1) is 13.6. The fourth-order valence-corrected chi connectivity index (χ4v) is 6.22. The largest absolute Gasteiger partial charge is 0.203 e. The van der Waals surface area contributed by atoms with Crippen LogP contribution in [0.5, 0.6) is 0 Å². The van der Waals surface area contributed by atoms with Crippen molar-refractivity contribution >= 4 is 51.1 Å². The fraction of sp³-hybridized carbons (Fsp3) is 0. The van der Waals surface area contributed by atoms with E-state index in [1.807, 2.05) is 0 Å². The first-order valence-electron chi connectivity index (χ1n) is 7.44. The average molecular weight is 319 g/mol. The maximum atomic E-state index is 7.03. The van der Waals surface area contributed by atoms with E-state index in [0.29, 0.717) is 0 Å². The molecule has 2 heteroatoms. The molecule has 0 spiro atoms. The Labute approximate surface area is 136 Å². The molecule has 0 aliphatic rings. The van der Waals surface area contributed by atoms with Crippen molar-refractivity contribution in [1.82, 2.24) is 0 Å². The molecule has 0 aliphatic heterocycles. The summed E-state index contributed by atoms with van der Waals surface area (Å²) in [5, 5.41) is 7.69. The minimum Gasteiger partial charge on any atom is -0.159 e. The monoisotopic (exact) mass is 318 g/mol. The van der Waals surface area contributed by atoms with E-state index in [0.717, 1.165) is 0 Å². The second kappa shape index (κ2) is 5.60. The van der Waals surface area contributed by atoms with Gasteiger partial charge in [-0.1, -0.05) is 84.9 Å². The molecule has 0 unspecified atom stereocenters. The van der Waals surface area contributed by atoms with Crippen LogP contribution in [0.1, 0.15) is 0 Å². The number of hydrogen-bond donors (Lipinski definition) is 0. The van der Waals surface area contributed by atoms with Crippen LogP contribution in [0.4, 0.5) is 0 Å². The first-order valence-corrected chi connectivity index (χ1v) is 10.3. The van der Waals surface area contributed by atoms with E-state index in [1.54, 1.807) is 0 Å². The maximum absolute atomic E-state index is 7.03. The van der Waals surface area contributed by atoms with Gasteiger partial charge in [0.2, 0.25) is 8.11 Å². The first-order chi connectivity index (χ1) is 10.8. The predicted molar refractivity (Wildman–Crippen MR) is 100 cm³/mol. The molecule has 22 heavy (non-hydrogen) atoms. The Hall–Kier alpha value is -2.09. The molecule has 0 fully saturated rings. The molecule has 0 aromatic heterocycles. The number of halogens is 1. The van der Waals surface area contributed by atoms with Crippen LogP contribution < -0.4 is 10.4 Å². The normalized spacial score (nSPS) is 11.4. The highest BCUT2D eigenvalue weighted by Gasteiger charge is 2.18. The maximum Gasteiger partial charge on any atom is 0.203 e. The second-order valence-electron chi connectivity index (χ2n) is 5.50. The van der Waals surface area contributed by atoms with Crippen LogP contribution in [0.15, 0.2) is 84.9 Å². The van der Waals surface area contributed by atoms with Crippen LogP contribution in [0.2, 0.25) is 0 Å². The van der Waals surface area contributed by atoms with Crippen molar-refractivity contribution in [2.45, 2.75) is 0 Å². The molecule has 0 aliphatic carbocycles. The van der Waals surface area contributed by atoms with Crippen molar-refractivity contribution in [3.05, 3.63) is 84.9 Å². The summed E-state index contributed by atoms with van der Waals surface area (Å²) in [6, 6.07) is 29.9. The van der Waals surface area contributed by atoms with Gasteiger partial charge in [0.25, 0.3) is 0 Å². The van der Waals surface area contributed by atoms with Crippen molar-refractivity contribution in [3.8, 4) is 0 Å². The summed E-state index contributed by atoms with van der Waals surface area (Å²) in [5.41, 5.74) is 0. The highest BCUT2D eigenvalue weighted by atomic mass is 35.6. The Kier molecular flexibility index (Phi) is 3.45. The summed E-state index contributed by atoms with van der Waals surface area (Å²) in [7, 11) is -1.75. The van der Waals surface area contributed by atoms with Crippen LogP contribution in [0, 0.1) is 0 Å². The third kappa shape index (κ3) is 2.23. The van der Waals surface area contributed by atoms with Gasteiger partial charge in [-0.05, 0) is 31.9 Å². The summed E-state index contributed by atoms with van der Waals surface area (Å²) in [6.07, 6.45) is 0. The molecule has 0 atom stereocenters. The zero-order valence-corrected chi connectivity index (χ0v) is 13.9. The molecule has 0 nitrogen and oxygen atoms in total. The lowest BCUT2D eigenvalue weighted by molar-refractivity contribution is 1.76. The van der Waals surface area contributed by atoms with Gasteiger partial charge in [0, 0.05) is 0 Å². The van der Waals surface area contributed by atoms with Gasteiger partial charge < -0.3 is 0 Å². The van der Waals surface area contributed by atoms with E-state index in [9.17, 15) is 0 Å². The lowest BCUT2D eigenvalue weighted by Gasteiger charge is -2.14. The third-order valence-electron chi connectivity index (χ3n) is 4.19. The number of hydrogen-bond acceptors (Lipinski definition) is 0. The average Bonchev–Trinajstić information content (AvgIpc) is 2.60. The quantitative estimate of drug-likeness (QED) is 0.386. The Bertz CT molecular complexity index is 872. The molecule has 4 aromatic rings. The van der Waals surface area contributed by atoms with Gasteiger partial charge >= 0.3 is 0 Å². The minimum atomic E-state index is -1.75. The van der Waals surface area contributed by atoms with E-state index in [1.165, 1.54) is 31.9 Å². The van der Waals surface area contributed by atoms with Gasteiger partial charge in [0.05, 0.1) is 0 Å². The molecule has 4 rings (SSSR count). The Morgan fingerprint density at radius 3 is 1.41 bits per heavy atom. The molecular formula is C20H15ClSi. The van der Waals surface area contributed by atoms with E-state index in [2.05, 4.69) is 84.9 Å². The topological polar surface area (TPSA) is 0 Å². The molecule has 0 radical (unpaired) electrons. The Morgan fingerprint density at radius 1 is 0.500 bits per heavy atom. The second-order valence-corrected chi connectivity index (χ2v) is 8.78. The lowest BCUT2D eigenvalue weighted by Crippen LogP contribution is -2.38. The van der Waals surface area contributed by atoms with Crippen LogP contribution in [0.3, 0.4) is 0 Å². The van der Waals surface area contributed by atoms with Crippen molar-refractivity contribution in [2.75, 3.05) is 0 Å². The summed E-state index contributed by atoms with van der Waals surface area (Å²) < 4.78 is 0. The molecule has 0 N–H and O–H groups in total. The van der Waals surface area contributed by atoms with E-state index in [4.69, 9.17) is 11.1 Å². The number of benzene rings is 4. The van der Waals surface area contributed by atoms with Crippen molar-refractivity contribution in [2.24, 2.45) is 0 Å². The predicted octanol–water partition coefficient (Wildman–Crippen LogP) is 4.07. The van der Waals surface area contributed by atoms with Crippen LogP contribution in [-0.2, 0) is 0 Å². The van der Waals surface area contributed by atoms with Gasteiger partial charge in [-0.3, -0.25) is 0 Å². The molecule has 0 heterocycles. The van der Waals surface area contributed by atoms with Crippen LogP contribution >= 0.6 is 11.1 Å². The highest BCUT2D eigenvalue weighted by Crippen LogP contribution is 2.16. The molecular weight excluding hydrogens is 304 g/mol. The molecule has 0 saturated heterocycles. The summed E-state index contributed by atoms with van der Waals surface area (Å²) in [4.78, 5) is 0. The molecule has 0 bridgehead atoms. The summed E-state index contributed by atoms with van der Waals surface area (Å²) >= 11 is 7.03. The standard InChI is InChI=1S/C20H15ClSi/c21-22(19-13-5-9-15-7-1-3-11-17(15)19)20-14-6-10-16-8-2-4-12-18(16)20/h1-14,22H. The molecule has 0 saturated carbocycles. The van der Waals surface area contributed by atoms with Gasteiger partial charge in [-0.2, -0.15) is 11.1 Å².